The Balaban J connectivity index is 1.78. The molecule has 182 valence electrons. The third-order valence-corrected chi connectivity index (χ3v) is 5.61. The molecule has 0 aliphatic carbocycles. The molecule has 35 heavy (non-hydrogen) atoms. The molecule has 2 aromatic carbocycles. The zero-order chi connectivity index (χ0) is 25.5. The number of nitrogens with zero attached hydrogens (tertiary/aromatic N) is 4. The minimum absolute atomic E-state index is 0.109. The molecule has 4 rings (SSSR count). The topological polar surface area (TPSA) is 80.5 Å². The second kappa shape index (κ2) is 8.70. The van der Waals surface area contributed by atoms with Crippen molar-refractivity contribution in [2.45, 2.75) is 38.7 Å². The van der Waals surface area contributed by atoms with E-state index in [1.54, 1.807) is 23.3 Å². The van der Waals surface area contributed by atoms with E-state index in [1.807, 2.05) is 0 Å². The standard InChI is InChI=1S/C24H22F4N6O/c1-23(2,29)22(35)33-10-11-34-19(13-33)32-20(14-4-6-15(25)7-5-14)21(34)31-16-8-9-18(30-3)17(12-16)24(26,27)28/h4-9,12,31H,10-11,13,29H2,1-2H3. The number of rotatable bonds is 4. The van der Waals surface area contributed by atoms with E-state index in [-0.39, 0.29) is 18.1 Å². The molecule has 0 spiro atoms. The highest BCUT2D eigenvalue weighted by Gasteiger charge is 2.35. The van der Waals surface area contributed by atoms with Crippen LogP contribution in [-0.2, 0) is 24.1 Å². The first-order valence-corrected chi connectivity index (χ1v) is 10.7. The summed E-state index contributed by atoms with van der Waals surface area (Å²) in [6.07, 6.45) is -4.70. The van der Waals surface area contributed by atoms with E-state index in [4.69, 9.17) is 12.3 Å². The van der Waals surface area contributed by atoms with Crippen LogP contribution in [0.25, 0.3) is 16.1 Å². The van der Waals surface area contributed by atoms with Gasteiger partial charge in [-0.15, -0.1) is 0 Å². The molecule has 1 amide bonds. The van der Waals surface area contributed by atoms with Gasteiger partial charge in [-0.1, -0.05) is 6.07 Å². The second-order valence-electron chi connectivity index (χ2n) is 8.80. The van der Waals surface area contributed by atoms with Crippen LogP contribution in [0.4, 0.5) is 34.8 Å². The fourth-order valence-electron chi connectivity index (χ4n) is 3.92. The number of hydrogen-bond donors (Lipinski definition) is 2. The van der Waals surface area contributed by atoms with Gasteiger partial charge in [0.15, 0.2) is 5.69 Å². The number of carbonyl (C=O) groups is 1. The van der Waals surface area contributed by atoms with Gasteiger partial charge < -0.3 is 20.5 Å². The van der Waals surface area contributed by atoms with E-state index in [0.717, 1.165) is 12.1 Å². The molecule has 2 heterocycles. The minimum atomic E-state index is -4.70. The Morgan fingerprint density at radius 1 is 1.14 bits per heavy atom. The van der Waals surface area contributed by atoms with Crippen LogP contribution < -0.4 is 11.1 Å². The SMILES string of the molecule is [C-]#[N+]c1ccc(Nc2c(-c3ccc(F)cc3)nc3n2CCN(C(=O)C(C)(C)N)C3)cc1C(F)(F)F. The van der Waals surface area contributed by atoms with Gasteiger partial charge in [0.05, 0.1) is 24.2 Å². The van der Waals surface area contributed by atoms with E-state index in [2.05, 4.69) is 15.1 Å². The Morgan fingerprint density at radius 3 is 2.43 bits per heavy atom. The zero-order valence-corrected chi connectivity index (χ0v) is 18.9. The summed E-state index contributed by atoms with van der Waals surface area (Å²) in [6, 6.07) is 8.91. The van der Waals surface area contributed by atoms with E-state index in [9.17, 15) is 22.4 Å². The summed E-state index contributed by atoms with van der Waals surface area (Å²) in [5.74, 6) is 0.201. The first kappa shape index (κ1) is 24.2. The van der Waals surface area contributed by atoms with Crippen molar-refractivity contribution in [1.82, 2.24) is 14.5 Å². The van der Waals surface area contributed by atoms with Gasteiger partial charge in [-0.2, -0.15) is 13.2 Å². The third-order valence-electron chi connectivity index (χ3n) is 5.61. The molecule has 0 fully saturated rings. The summed E-state index contributed by atoms with van der Waals surface area (Å²) in [6.45, 7) is 11.1. The normalized spacial score (nSPS) is 13.8. The number of imidazole rings is 1. The van der Waals surface area contributed by atoms with Crippen molar-refractivity contribution in [1.29, 1.82) is 0 Å². The predicted molar refractivity (Wildman–Crippen MR) is 122 cm³/mol. The number of nitrogens with one attached hydrogen (secondary N) is 1. The second-order valence-corrected chi connectivity index (χ2v) is 8.80. The van der Waals surface area contributed by atoms with Crippen LogP contribution >= 0.6 is 0 Å². The number of benzene rings is 2. The molecule has 0 unspecified atom stereocenters. The molecule has 0 saturated carbocycles. The van der Waals surface area contributed by atoms with Crippen LogP contribution in [0.5, 0.6) is 0 Å². The third kappa shape index (κ3) is 4.83. The van der Waals surface area contributed by atoms with Crippen molar-refractivity contribution in [3.05, 3.63) is 71.1 Å². The molecule has 3 aromatic rings. The number of halogens is 4. The molecule has 11 heteroatoms. The molecule has 7 nitrogen and oxygen atoms in total. The van der Waals surface area contributed by atoms with Gasteiger partial charge in [-0.25, -0.2) is 14.2 Å². The first-order valence-electron chi connectivity index (χ1n) is 10.7. The number of amides is 1. The fourth-order valence-corrected chi connectivity index (χ4v) is 3.92. The minimum Gasteiger partial charge on any atom is -0.340 e. The molecule has 0 atom stereocenters. The number of carbonyl (C=O) groups excluding carboxylic acids is 1. The van der Waals surface area contributed by atoms with Gasteiger partial charge in [-0.05, 0) is 50.2 Å². The van der Waals surface area contributed by atoms with Crippen molar-refractivity contribution in [2.75, 3.05) is 11.9 Å². The average Bonchev–Trinajstić information content (AvgIpc) is 3.15. The van der Waals surface area contributed by atoms with Crippen molar-refractivity contribution in [2.24, 2.45) is 5.73 Å². The number of fused-ring (bicyclic) bond motifs is 1. The Hall–Kier alpha value is -3.91. The van der Waals surface area contributed by atoms with Crippen molar-refractivity contribution in [3.63, 3.8) is 0 Å². The molecular formula is C24H22F4N6O. The summed E-state index contributed by atoms with van der Waals surface area (Å²) in [4.78, 5) is 21.9. The summed E-state index contributed by atoms with van der Waals surface area (Å²) >= 11 is 0. The smallest absolute Gasteiger partial charge is 0.340 e. The number of alkyl halides is 3. The fraction of sp³-hybridized carbons (Fsp3) is 0.292. The molecule has 0 bridgehead atoms. The van der Waals surface area contributed by atoms with Gasteiger partial charge >= 0.3 is 6.18 Å². The van der Waals surface area contributed by atoms with Crippen LogP contribution in [-0.4, -0.2) is 32.4 Å². The van der Waals surface area contributed by atoms with E-state index in [0.29, 0.717) is 36.0 Å². The van der Waals surface area contributed by atoms with Crippen molar-refractivity contribution < 1.29 is 22.4 Å². The molecule has 1 aromatic heterocycles. The molecule has 1 aliphatic rings. The summed E-state index contributed by atoms with van der Waals surface area (Å²) < 4.78 is 55.8. The van der Waals surface area contributed by atoms with Crippen LogP contribution in [0.15, 0.2) is 42.5 Å². The van der Waals surface area contributed by atoms with E-state index < -0.39 is 28.8 Å². The number of nitrogens with two attached hydrogens (primary N) is 1. The lowest BCUT2D eigenvalue weighted by Gasteiger charge is -2.33. The lowest BCUT2D eigenvalue weighted by atomic mass is 10.1. The molecule has 0 saturated heterocycles. The summed E-state index contributed by atoms with van der Waals surface area (Å²) in [5.41, 5.74) is 4.38. The lowest BCUT2D eigenvalue weighted by molar-refractivity contribution is -0.137. The van der Waals surface area contributed by atoms with Crippen LogP contribution in [0, 0.1) is 12.4 Å². The summed E-state index contributed by atoms with van der Waals surface area (Å²) in [5, 5.41) is 3.01. The molecule has 0 radical (unpaired) electrons. The largest absolute Gasteiger partial charge is 0.407 e. The Labute approximate surface area is 199 Å². The quantitative estimate of drug-likeness (QED) is 0.398. The average molecular weight is 486 g/mol. The highest BCUT2D eigenvalue weighted by atomic mass is 19.4. The van der Waals surface area contributed by atoms with Gasteiger partial charge in [0.2, 0.25) is 5.91 Å². The van der Waals surface area contributed by atoms with Crippen molar-refractivity contribution in [3.8, 4) is 11.3 Å². The monoisotopic (exact) mass is 486 g/mol. The molecule has 1 aliphatic heterocycles. The number of aromatic nitrogens is 2. The van der Waals surface area contributed by atoms with Gasteiger partial charge in [0, 0.05) is 24.3 Å². The predicted octanol–water partition coefficient (Wildman–Crippen LogP) is 5.08. The first-order chi connectivity index (χ1) is 16.4. The maximum absolute atomic E-state index is 13.5. The Morgan fingerprint density at radius 2 is 1.83 bits per heavy atom. The van der Waals surface area contributed by atoms with Gasteiger partial charge in [0.25, 0.3) is 0 Å². The Bertz CT molecular complexity index is 1320. The summed E-state index contributed by atoms with van der Waals surface area (Å²) in [7, 11) is 0. The van der Waals surface area contributed by atoms with Gasteiger partial charge in [-0.3, -0.25) is 4.79 Å². The highest BCUT2D eigenvalue weighted by Crippen LogP contribution is 2.40. The van der Waals surface area contributed by atoms with E-state index >= 15 is 0 Å². The maximum Gasteiger partial charge on any atom is 0.407 e. The lowest BCUT2D eigenvalue weighted by Crippen LogP contribution is -2.52. The number of hydrogen-bond acceptors (Lipinski definition) is 4. The van der Waals surface area contributed by atoms with Crippen LogP contribution in [0.2, 0.25) is 0 Å². The van der Waals surface area contributed by atoms with Crippen LogP contribution in [0.3, 0.4) is 0 Å². The number of anilines is 2. The molecular weight excluding hydrogens is 464 g/mol. The highest BCUT2D eigenvalue weighted by molar-refractivity contribution is 5.85. The Kier molecular flexibility index (Phi) is 6.02. The van der Waals surface area contributed by atoms with Crippen molar-refractivity contribution >= 4 is 23.1 Å². The van der Waals surface area contributed by atoms with Crippen LogP contribution in [0.1, 0.15) is 25.2 Å². The maximum atomic E-state index is 13.5. The zero-order valence-electron chi connectivity index (χ0n) is 18.9. The van der Waals surface area contributed by atoms with Gasteiger partial charge in [0.1, 0.15) is 23.2 Å². The molecule has 3 N–H and O–H groups in total. The van der Waals surface area contributed by atoms with E-state index in [1.165, 1.54) is 30.3 Å².